The number of fused-ring (bicyclic) bond motifs is 1. The van der Waals surface area contributed by atoms with Crippen molar-refractivity contribution in [2.24, 2.45) is 5.41 Å². The molecule has 1 aromatic heterocycles. The lowest BCUT2D eigenvalue weighted by molar-refractivity contribution is 0.291. The molecule has 2 heteroatoms. The van der Waals surface area contributed by atoms with Gasteiger partial charge in [-0.1, -0.05) is 58.2 Å². The number of nitrogens with one attached hydrogen (secondary N) is 1. The van der Waals surface area contributed by atoms with Crippen LogP contribution in [0, 0.1) is 5.41 Å². The Kier molecular flexibility index (Phi) is 5.83. The quantitative estimate of drug-likeness (QED) is 0.576. The molecule has 1 heterocycles. The van der Waals surface area contributed by atoms with Crippen molar-refractivity contribution in [3.63, 3.8) is 0 Å². The van der Waals surface area contributed by atoms with Crippen LogP contribution in [0.25, 0.3) is 10.1 Å². The Balaban J connectivity index is 1.90. The van der Waals surface area contributed by atoms with Crippen molar-refractivity contribution in [3.05, 3.63) is 35.2 Å². The second kappa shape index (κ2) is 7.42. The van der Waals surface area contributed by atoms with E-state index in [0.29, 0.717) is 11.5 Å². The molecule has 0 aliphatic rings. The molecule has 0 spiro atoms. The van der Waals surface area contributed by atoms with Crippen LogP contribution in [0.2, 0.25) is 0 Å². The molecule has 1 atom stereocenters. The van der Waals surface area contributed by atoms with E-state index in [-0.39, 0.29) is 0 Å². The molecule has 2 aromatic rings. The van der Waals surface area contributed by atoms with Crippen LogP contribution in [-0.4, -0.2) is 6.54 Å². The molecule has 0 saturated heterocycles. The zero-order valence-electron chi connectivity index (χ0n) is 13.9. The summed E-state index contributed by atoms with van der Waals surface area (Å²) < 4.78 is 1.39. The minimum absolute atomic E-state index is 0.389. The second-order valence-corrected chi connectivity index (χ2v) is 8.03. The Morgan fingerprint density at radius 1 is 1.19 bits per heavy atom. The second-order valence-electron chi connectivity index (χ2n) is 6.91. The van der Waals surface area contributed by atoms with Gasteiger partial charge in [-0.3, -0.25) is 0 Å². The van der Waals surface area contributed by atoms with Crippen molar-refractivity contribution >= 4 is 21.4 Å². The standard InChI is InChI=1S/C19H29NS/c1-5-6-9-12-19(3,4)14-20-15(2)18-13-16-10-7-8-11-17(16)21-18/h7-8,10-11,13,15,20H,5-6,9,12,14H2,1-4H3. The number of hydrogen-bond acceptors (Lipinski definition) is 2. The fraction of sp³-hybridized carbons (Fsp3) is 0.579. The lowest BCUT2D eigenvalue weighted by Gasteiger charge is -2.27. The highest BCUT2D eigenvalue weighted by Crippen LogP contribution is 2.30. The third-order valence-electron chi connectivity index (χ3n) is 4.22. The third-order valence-corrected chi connectivity index (χ3v) is 5.51. The van der Waals surface area contributed by atoms with Crippen molar-refractivity contribution in [1.29, 1.82) is 0 Å². The maximum atomic E-state index is 3.74. The maximum absolute atomic E-state index is 3.74. The highest BCUT2D eigenvalue weighted by atomic mass is 32.1. The van der Waals surface area contributed by atoms with Gasteiger partial charge in [0.2, 0.25) is 0 Å². The number of unbranched alkanes of at least 4 members (excludes halogenated alkanes) is 2. The van der Waals surface area contributed by atoms with Gasteiger partial charge in [0.05, 0.1) is 0 Å². The Bertz CT molecular complexity index is 522. The normalized spacial score (nSPS) is 13.7. The molecular formula is C19H29NS. The summed E-state index contributed by atoms with van der Waals surface area (Å²) in [6.45, 7) is 10.4. The average Bonchev–Trinajstić information content (AvgIpc) is 2.89. The van der Waals surface area contributed by atoms with Gasteiger partial charge in [0.1, 0.15) is 0 Å². The fourth-order valence-electron chi connectivity index (χ4n) is 2.69. The first-order valence-corrected chi connectivity index (χ1v) is 9.05. The number of hydrogen-bond donors (Lipinski definition) is 1. The molecule has 1 aromatic carbocycles. The smallest absolute Gasteiger partial charge is 0.0386 e. The van der Waals surface area contributed by atoms with Crippen molar-refractivity contribution in [2.75, 3.05) is 6.54 Å². The molecular weight excluding hydrogens is 274 g/mol. The van der Waals surface area contributed by atoms with Gasteiger partial charge in [0, 0.05) is 22.2 Å². The van der Waals surface area contributed by atoms with Gasteiger partial charge >= 0.3 is 0 Å². The van der Waals surface area contributed by atoms with Gasteiger partial charge in [-0.15, -0.1) is 11.3 Å². The molecule has 1 N–H and O–H groups in total. The summed E-state index contributed by atoms with van der Waals surface area (Å²) >= 11 is 1.91. The first-order valence-electron chi connectivity index (χ1n) is 8.24. The Morgan fingerprint density at radius 3 is 2.67 bits per heavy atom. The zero-order valence-corrected chi connectivity index (χ0v) is 14.7. The third kappa shape index (κ3) is 4.82. The van der Waals surface area contributed by atoms with Crippen molar-refractivity contribution in [1.82, 2.24) is 5.32 Å². The summed E-state index contributed by atoms with van der Waals surface area (Å²) in [5.74, 6) is 0. The van der Waals surface area contributed by atoms with E-state index in [9.17, 15) is 0 Å². The number of rotatable bonds is 8. The fourth-order valence-corrected chi connectivity index (χ4v) is 3.78. The van der Waals surface area contributed by atoms with E-state index in [1.54, 1.807) is 0 Å². The molecule has 116 valence electrons. The number of benzene rings is 1. The van der Waals surface area contributed by atoms with Crippen molar-refractivity contribution in [3.8, 4) is 0 Å². The van der Waals surface area contributed by atoms with Crippen LogP contribution in [0.1, 0.15) is 64.3 Å². The summed E-state index contributed by atoms with van der Waals surface area (Å²) in [6, 6.07) is 11.4. The van der Waals surface area contributed by atoms with Gasteiger partial charge in [-0.2, -0.15) is 0 Å². The maximum Gasteiger partial charge on any atom is 0.0386 e. The molecule has 21 heavy (non-hydrogen) atoms. The van der Waals surface area contributed by atoms with Gasteiger partial charge in [0.25, 0.3) is 0 Å². The van der Waals surface area contributed by atoms with Crippen LogP contribution >= 0.6 is 11.3 Å². The predicted molar refractivity (Wildman–Crippen MR) is 96.2 cm³/mol. The van der Waals surface area contributed by atoms with Gasteiger partial charge in [-0.05, 0) is 36.3 Å². The highest BCUT2D eigenvalue weighted by Gasteiger charge is 2.19. The largest absolute Gasteiger partial charge is 0.309 e. The van der Waals surface area contributed by atoms with E-state index in [4.69, 9.17) is 0 Å². The van der Waals surface area contributed by atoms with E-state index in [0.717, 1.165) is 6.54 Å². The minimum atomic E-state index is 0.389. The van der Waals surface area contributed by atoms with E-state index < -0.39 is 0 Å². The minimum Gasteiger partial charge on any atom is -0.309 e. The average molecular weight is 304 g/mol. The Morgan fingerprint density at radius 2 is 1.95 bits per heavy atom. The molecule has 0 amide bonds. The molecule has 0 fully saturated rings. The highest BCUT2D eigenvalue weighted by molar-refractivity contribution is 7.19. The van der Waals surface area contributed by atoms with Crippen molar-refractivity contribution in [2.45, 2.75) is 59.4 Å². The lowest BCUT2D eigenvalue weighted by Crippen LogP contribution is -2.31. The molecule has 1 unspecified atom stereocenters. The predicted octanol–water partition coefficient (Wildman–Crippen LogP) is 6.16. The van der Waals surface area contributed by atoms with Crippen molar-refractivity contribution < 1.29 is 0 Å². The van der Waals surface area contributed by atoms with Crippen LogP contribution < -0.4 is 5.32 Å². The molecule has 0 bridgehead atoms. The Labute approximate surface area is 133 Å². The van der Waals surface area contributed by atoms with E-state index in [1.807, 2.05) is 11.3 Å². The van der Waals surface area contributed by atoms with Gasteiger partial charge in [-0.25, -0.2) is 0 Å². The first-order chi connectivity index (χ1) is 10.0. The molecule has 0 radical (unpaired) electrons. The SMILES string of the molecule is CCCCCC(C)(C)CNC(C)c1cc2ccccc2s1. The summed E-state index contributed by atoms with van der Waals surface area (Å²) in [4.78, 5) is 1.44. The summed E-state index contributed by atoms with van der Waals surface area (Å²) in [6.07, 6.45) is 5.33. The van der Waals surface area contributed by atoms with E-state index >= 15 is 0 Å². The lowest BCUT2D eigenvalue weighted by atomic mass is 9.86. The molecule has 0 aliphatic heterocycles. The first kappa shape index (κ1) is 16.5. The van der Waals surface area contributed by atoms with Crippen LogP contribution in [-0.2, 0) is 0 Å². The molecule has 0 aliphatic carbocycles. The molecule has 2 rings (SSSR count). The van der Waals surface area contributed by atoms with E-state index in [1.165, 1.54) is 40.6 Å². The summed E-state index contributed by atoms with van der Waals surface area (Å²) in [7, 11) is 0. The van der Waals surface area contributed by atoms with Crippen LogP contribution in [0.15, 0.2) is 30.3 Å². The van der Waals surface area contributed by atoms with Gasteiger partial charge < -0.3 is 5.32 Å². The van der Waals surface area contributed by atoms with Crippen LogP contribution in [0.4, 0.5) is 0 Å². The van der Waals surface area contributed by atoms with Crippen LogP contribution in [0.5, 0.6) is 0 Å². The number of thiophene rings is 1. The monoisotopic (exact) mass is 303 g/mol. The van der Waals surface area contributed by atoms with Crippen LogP contribution in [0.3, 0.4) is 0 Å². The summed E-state index contributed by atoms with van der Waals surface area (Å²) in [5, 5.41) is 5.11. The molecule has 1 nitrogen and oxygen atoms in total. The molecule has 0 saturated carbocycles. The Hall–Kier alpha value is -0.860. The summed E-state index contributed by atoms with van der Waals surface area (Å²) in [5.41, 5.74) is 0.389. The van der Waals surface area contributed by atoms with Gasteiger partial charge in [0.15, 0.2) is 0 Å². The zero-order chi connectivity index (χ0) is 15.3. The van der Waals surface area contributed by atoms with E-state index in [2.05, 4.69) is 63.3 Å². The topological polar surface area (TPSA) is 12.0 Å².